The molecule has 32 heavy (non-hydrogen) atoms. The van der Waals surface area contributed by atoms with Crippen molar-refractivity contribution < 1.29 is 19.4 Å². The van der Waals surface area contributed by atoms with Gasteiger partial charge in [0.1, 0.15) is 0 Å². The number of unbranched alkanes of at least 4 members (excludes halogenated alkanes) is 5. The van der Waals surface area contributed by atoms with Gasteiger partial charge in [-0.15, -0.1) is 0 Å². The lowest BCUT2D eigenvalue weighted by Gasteiger charge is -2.18. The van der Waals surface area contributed by atoms with Gasteiger partial charge < -0.3 is 9.84 Å². The van der Waals surface area contributed by atoms with Crippen LogP contribution in [0.25, 0.3) is 0 Å². The molecule has 0 spiro atoms. The van der Waals surface area contributed by atoms with Crippen molar-refractivity contribution in [3.63, 3.8) is 0 Å². The Labute approximate surface area is 198 Å². The fourth-order valence-corrected chi connectivity index (χ4v) is 3.63. The highest BCUT2D eigenvalue weighted by molar-refractivity contribution is 5.87. The fraction of sp³-hybridized carbons (Fsp3) is 0.786. The molecule has 0 rings (SSSR count). The van der Waals surface area contributed by atoms with Crippen LogP contribution in [0, 0.1) is 23.7 Å². The van der Waals surface area contributed by atoms with E-state index in [1.54, 1.807) is 13.8 Å². The van der Waals surface area contributed by atoms with Gasteiger partial charge in [-0.2, -0.15) is 0 Å². The molecule has 0 saturated carbocycles. The van der Waals surface area contributed by atoms with Crippen LogP contribution < -0.4 is 0 Å². The summed E-state index contributed by atoms with van der Waals surface area (Å²) in [4.78, 5) is 21.7. The molecule has 0 aromatic rings. The van der Waals surface area contributed by atoms with E-state index in [1.807, 2.05) is 6.08 Å². The molecule has 0 aromatic heterocycles. The smallest absolute Gasteiger partial charge is 0.333 e. The summed E-state index contributed by atoms with van der Waals surface area (Å²) in [6, 6.07) is 0. The zero-order valence-electron chi connectivity index (χ0n) is 22.3. The molecule has 0 bridgehead atoms. The van der Waals surface area contributed by atoms with E-state index >= 15 is 0 Å². The SMILES string of the molecule is C=C(C)C(=O)OCC(C)CC(C)CC(C)C.CC(=CCCCCCCCC(C)C)C(=O)O. The molecule has 0 aromatic carbocycles. The number of carbonyl (C=O) groups is 2. The minimum atomic E-state index is -0.795. The largest absolute Gasteiger partial charge is 0.478 e. The molecule has 2 atom stereocenters. The Hall–Kier alpha value is -1.58. The Morgan fingerprint density at radius 3 is 1.91 bits per heavy atom. The summed E-state index contributed by atoms with van der Waals surface area (Å²) in [5, 5.41) is 8.64. The van der Waals surface area contributed by atoms with Gasteiger partial charge in [-0.3, -0.25) is 0 Å². The van der Waals surface area contributed by atoms with Gasteiger partial charge in [0.25, 0.3) is 0 Å². The fourth-order valence-electron chi connectivity index (χ4n) is 3.63. The number of allylic oxidation sites excluding steroid dienone is 1. The lowest BCUT2D eigenvalue weighted by atomic mass is 9.91. The van der Waals surface area contributed by atoms with Gasteiger partial charge >= 0.3 is 11.9 Å². The van der Waals surface area contributed by atoms with Gasteiger partial charge in [0.05, 0.1) is 6.61 Å². The first-order valence-electron chi connectivity index (χ1n) is 12.6. The standard InChI is InChI=1S/2C14H26O2/c1-10(2)7-12(5)8-13(6)9-16-14(15)11(3)4;1-12(2)10-8-6-4-5-7-9-11-13(3)14(15)16/h10,12-13H,3,7-9H2,1-2,4-6H3;11-12H,4-10H2,1-3H3,(H,15,16). The van der Waals surface area contributed by atoms with Crippen LogP contribution in [0.5, 0.6) is 0 Å². The highest BCUT2D eigenvalue weighted by Crippen LogP contribution is 2.19. The van der Waals surface area contributed by atoms with Crippen molar-refractivity contribution in [2.24, 2.45) is 23.7 Å². The Kier molecular flexibility index (Phi) is 20.4. The number of carbonyl (C=O) groups excluding carboxylic acids is 1. The highest BCUT2D eigenvalue weighted by Gasteiger charge is 2.12. The van der Waals surface area contributed by atoms with Crippen molar-refractivity contribution in [3.05, 3.63) is 23.8 Å². The maximum atomic E-state index is 11.2. The monoisotopic (exact) mass is 452 g/mol. The lowest BCUT2D eigenvalue weighted by Crippen LogP contribution is -2.15. The van der Waals surface area contributed by atoms with Crippen LogP contribution in [0.4, 0.5) is 0 Å². The van der Waals surface area contributed by atoms with E-state index < -0.39 is 5.97 Å². The zero-order chi connectivity index (χ0) is 25.1. The zero-order valence-corrected chi connectivity index (χ0v) is 22.3. The van der Waals surface area contributed by atoms with Crippen LogP contribution in [0.3, 0.4) is 0 Å². The number of esters is 1. The quantitative estimate of drug-likeness (QED) is 0.145. The molecule has 0 aliphatic carbocycles. The lowest BCUT2D eigenvalue weighted by molar-refractivity contribution is -0.140. The molecule has 0 amide bonds. The average Bonchev–Trinajstić information content (AvgIpc) is 2.67. The molecule has 0 saturated heterocycles. The summed E-state index contributed by atoms with van der Waals surface area (Å²) in [6.07, 6.45) is 12.7. The summed E-state index contributed by atoms with van der Waals surface area (Å²) in [7, 11) is 0. The van der Waals surface area contributed by atoms with Crippen molar-refractivity contribution >= 4 is 11.9 Å². The first kappa shape index (κ1) is 32.6. The number of ether oxygens (including phenoxy) is 1. The summed E-state index contributed by atoms with van der Waals surface area (Å²) in [5.74, 6) is 1.61. The van der Waals surface area contributed by atoms with Gasteiger partial charge in [0.2, 0.25) is 0 Å². The van der Waals surface area contributed by atoms with Crippen LogP contribution >= 0.6 is 0 Å². The number of carboxylic acids is 1. The predicted octanol–water partition coefficient (Wildman–Crippen LogP) is 8.22. The molecule has 188 valence electrons. The Bertz CT molecular complexity index is 546. The second-order valence-electron chi connectivity index (χ2n) is 10.4. The first-order valence-corrected chi connectivity index (χ1v) is 12.6. The third-order valence-electron chi connectivity index (χ3n) is 5.30. The van der Waals surface area contributed by atoms with Gasteiger partial charge in [0.15, 0.2) is 0 Å². The Balaban J connectivity index is 0. The minimum Gasteiger partial charge on any atom is -0.478 e. The summed E-state index contributed by atoms with van der Waals surface area (Å²) >= 11 is 0. The van der Waals surface area contributed by atoms with Crippen molar-refractivity contribution in [2.75, 3.05) is 6.61 Å². The third kappa shape index (κ3) is 23.1. The van der Waals surface area contributed by atoms with Gasteiger partial charge in [-0.05, 0) is 63.2 Å². The highest BCUT2D eigenvalue weighted by atomic mass is 16.5. The summed E-state index contributed by atoms with van der Waals surface area (Å²) in [6.45, 7) is 20.8. The molecule has 4 nitrogen and oxygen atoms in total. The van der Waals surface area contributed by atoms with E-state index in [1.165, 1.54) is 38.5 Å². The molecule has 0 heterocycles. The molecule has 0 fully saturated rings. The average molecular weight is 453 g/mol. The third-order valence-corrected chi connectivity index (χ3v) is 5.30. The summed E-state index contributed by atoms with van der Waals surface area (Å²) in [5.41, 5.74) is 0.947. The van der Waals surface area contributed by atoms with E-state index in [9.17, 15) is 9.59 Å². The molecular formula is C28H52O4. The molecular weight excluding hydrogens is 400 g/mol. The molecule has 0 aliphatic rings. The van der Waals surface area contributed by atoms with Gasteiger partial charge in [0, 0.05) is 11.1 Å². The maximum absolute atomic E-state index is 11.2. The Morgan fingerprint density at radius 2 is 1.41 bits per heavy atom. The van der Waals surface area contributed by atoms with Crippen molar-refractivity contribution in [1.29, 1.82) is 0 Å². The first-order chi connectivity index (χ1) is 14.9. The van der Waals surface area contributed by atoms with Crippen LogP contribution in [-0.2, 0) is 14.3 Å². The van der Waals surface area contributed by atoms with Crippen LogP contribution in [0.15, 0.2) is 23.8 Å². The van der Waals surface area contributed by atoms with Crippen LogP contribution in [0.2, 0.25) is 0 Å². The van der Waals surface area contributed by atoms with Crippen molar-refractivity contribution in [2.45, 2.75) is 113 Å². The normalized spacial score (nSPS) is 13.4. The molecule has 0 radical (unpaired) electrons. The predicted molar refractivity (Wildman–Crippen MR) is 137 cm³/mol. The molecule has 0 aliphatic heterocycles. The van der Waals surface area contributed by atoms with Crippen molar-refractivity contribution in [3.8, 4) is 0 Å². The molecule has 1 N–H and O–H groups in total. The number of rotatable bonds is 16. The Morgan fingerprint density at radius 1 is 0.844 bits per heavy atom. The number of aliphatic carboxylic acids is 1. The summed E-state index contributed by atoms with van der Waals surface area (Å²) < 4.78 is 5.13. The van der Waals surface area contributed by atoms with E-state index in [0.717, 1.165) is 31.1 Å². The number of carboxylic acid groups (broad SMARTS) is 1. The van der Waals surface area contributed by atoms with Crippen LogP contribution in [-0.4, -0.2) is 23.7 Å². The van der Waals surface area contributed by atoms with Crippen molar-refractivity contribution in [1.82, 2.24) is 0 Å². The van der Waals surface area contributed by atoms with Crippen LogP contribution in [0.1, 0.15) is 113 Å². The second kappa shape index (κ2) is 20.1. The second-order valence-corrected chi connectivity index (χ2v) is 10.4. The van der Waals surface area contributed by atoms with E-state index in [2.05, 4.69) is 48.1 Å². The number of hydrogen-bond acceptors (Lipinski definition) is 3. The van der Waals surface area contributed by atoms with Gasteiger partial charge in [-0.25, -0.2) is 9.59 Å². The number of hydrogen-bond donors (Lipinski definition) is 1. The minimum absolute atomic E-state index is 0.275. The topological polar surface area (TPSA) is 63.6 Å². The molecule has 4 heteroatoms. The maximum Gasteiger partial charge on any atom is 0.333 e. The van der Waals surface area contributed by atoms with Gasteiger partial charge in [-0.1, -0.05) is 86.3 Å². The van der Waals surface area contributed by atoms with E-state index in [0.29, 0.717) is 29.6 Å². The van der Waals surface area contributed by atoms with E-state index in [-0.39, 0.29) is 5.97 Å². The molecule has 2 unspecified atom stereocenters. The van der Waals surface area contributed by atoms with E-state index in [4.69, 9.17) is 9.84 Å².